The Morgan fingerprint density at radius 1 is 0.846 bits per heavy atom. The molecule has 0 radical (unpaired) electrons. The molecule has 0 nitrogen and oxygen atoms in total. The first-order valence-corrected chi connectivity index (χ1v) is 5.07. The van der Waals surface area contributed by atoms with Crippen LogP contribution in [0, 0.1) is 6.92 Å². The largest absolute Gasteiger partial charge is 0.0683 e. The van der Waals surface area contributed by atoms with Crippen LogP contribution >= 0.6 is 0 Å². The fourth-order valence-corrected chi connectivity index (χ4v) is 1.05. The average molecular weight is 178 g/mol. The van der Waals surface area contributed by atoms with E-state index in [0.717, 1.165) is 0 Å². The Kier molecular flexibility index (Phi) is 4.76. The number of benzene rings is 1. The molecule has 13 heavy (non-hydrogen) atoms. The molecule has 0 N–H and O–H groups in total. The Labute approximate surface area is 83.0 Å². The van der Waals surface area contributed by atoms with Crippen LogP contribution in [0.5, 0.6) is 0 Å². The highest BCUT2D eigenvalue weighted by molar-refractivity contribution is 5.26. The third kappa shape index (κ3) is 4.12. The summed E-state index contributed by atoms with van der Waals surface area (Å²) >= 11 is 0. The average Bonchev–Trinajstić information content (AvgIpc) is 2.07. The van der Waals surface area contributed by atoms with E-state index in [2.05, 4.69) is 52.0 Å². The van der Waals surface area contributed by atoms with Gasteiger partial charge in [0.1, 0.15) is 0 Å². The summed E-state index contributed by atoms with van der Waals surface area (Å²) < 4.78 is 0. The van der Waals surface area contributed by atoms with E-state index in [9.17, 15) is 0 Å². The highest BCUT2D eigenvalue weighted by Crippen LogP contribution is 2.21. The van der Waals surface area contributed by atoms with E-state index < -0.39 is 0 Å². The van der Waals surface area contributed by atoms with E-state index in [1.54, 1.807) is 0 Å². The van der Waals surface area contributed by atoms with Crippen molar-refractivity contribution in [2.45, 2.75) is 47.0 Å². The first kappa shape index (κ1) is 12.2. The smallest absolute Gasteiger partial charge is 0.0132 e. The second-order valence-corrected chi connectivity index (χ2v) is 4.12. The van der Waals surface area contributed by atoms with Crippen molar-refractivity contribution in [3.8, 4) is 0 Å². The summed E-state index contributed by atoms with van der Waals surface area (Å²) in [6.07, 6.45) is 0. The minimum atomic E-state index is 0.285. The quantitative estimate of drug-likeness (QED) is 0.555. The van der Waals surface area contributed by atoms with E-state index in [4.69, 9.17) is 0 Å². The molecule has 0 aliphatic carbocycles. The monoisotopic (exact) mass is 178 g/mol. The molecule has 0 aliphatic heterocycles. The van der Waals surface area contributed by atoms with Gasteiger partial charge in [-0.2, -0.15) is 0 Å². The van der Waals surface area contributed by atoms with Crippen LogP contribution in [0.1, 0.15) is 45.7 Å². The van der Waals surface area contributed by atoms with Gasteiger partial charge in [0, 0.05) is 0 Å². The lowest BCUT2D eigenvalue weighted by Crippen LogP contribution is -2.10. The van der Waals surface area contributed by atoms with Crippen molar-refractivity contribution in [3.63, 3.8) is 0 Å². The summed E-state index contributed by atoms with van der Waals surface area (Å²) in [4.78, 5) is 0. The van der Waals surface area contributed by atoms with Gasteiger partial charge in [-0.15, -0.1) is 0 Å². The van der Waals surface area contributed by atoms with Crippen molar-refractivity contribution in [1.29, 1.82) is 0 Å². The molecule has 74 valence electrons. The van der Waals surface area contributed by atoms with Gasteiger partial charge in [0.05, 0.1) is 0 Å². The fourth-order valence-electron chi connectivity index (χ4n) is 1.05. The van der Waals surface area contributed by atoms with Gasteiger partial charge in [-0.1, -0.05) is 64.4 Å². The van der Waals surface area contributed by atoms with Crippen molar-refractivity contribution in [2.75, 3.05) is 0 Å². The molecule has 0 unspecified atom stereocenters. The number of aryl methyl sites for hydroxylation is 1. The lowest BCUT2D eigenvalue weighted by molar-refractivity contribution is 0.590. The van der Waals surface area contributed by atoms with Gasteiger partial charge in [-0.25, -0.2) is 0 Å². The molecule has 0 spiro atoms. The van der Waals surface area contributed by atoms with Crippen LogP contribution in [0.3, 0.4) is 0 Å². The normalized spacial score (nSPS) is 10.3. The maximum atomic E-state index is 2.23. The van der Waals surface area contributed by atoms with E-state index in [-0.39, 0.29) is 5.41 Å². The van der Waals surface area contributed by atoms with E-state index in [0.29, 0.717) is 0 Å². The molecule has 0 saturated carbocycles. The Balaban J connectivity index is 0.000000671. The Bertz CT molecular complexity index is 223. The molecule has 1 aromatic rings. The Morgan fingerprint density at radius 2 is 1.23 bits per heavy atom. The summed E-state index contributed by atoms with van der Waals surface area (Å²) in [7, 11) is 0. The van der Waals surface area contributed by atoms with Gasteiger partial charge in [-0.05, 0) is 17.9 Å². The summed E-state index contributed by atoms with van der Waals surface area (Å²) in [6.45, 7) is 12.8. The fraction of sp³-hybridized carbons (Fsp3) is 0.538. The van der Waals surface area contributed by atoms with Gasteiger partial charge in [0.25, 0.3) is 0 Å². The lowest BCUT2D eigenvalue weighted by Gasteiger charge is -2.18. The van der Waals surface area contributed by atoms with Gasteiger partial charge < -0.3 is 0 Å². The van der Waals surface area contributed by atoms with E-state index in [1.807, 2.05) is 13.8 Å². The topological polar surface area (TPSA) is 0 Å². The Hall–Kier alpha value is -0.780. The maximum Gasteiger partial charge on any atom is -0.0132 e. The summed E-state index contributed by atoms with van der Waals surface area (Å²) in [5.74, 6) is 0. The first-order chi connectivity index (χ1) is 6.00. The molecule has 0 bridgehead atoms. The third-order valence-corrected chi connectivity index (χ3v) is 1.92. The first-order valence-electron chi connectivity index (χ1n) is 5.07. The van der Waals surface area contributed by atoms with Gasteiger partial charge in [-0.3, -0.25) is 0 Å². The van der Waals surface area contributed by atoms with Crippen LogP contribution in [-0.2, 0) is 5.41 Å². The van der Waals surface area contributed by atoms with Crippen molar-refractivity contribution < 1.29 is 0 Å². The van der Waals surface area contributed by atoms with Crippen LogP contribution in [0.25, 0.3) is 0 Å². The summed E-state index contributed by atoms with van der Waals surface area (Å²) in [5, 5.41) is 0. The molecule has 0 saturated heterocycles. The van der Waals surface area contributed by atoms with E-state index >= 15 is 0 Å². The van der Waals surface area contributed by atoms with Crippen LogP contribution < -0.4 is 0 Å². The van der Waals surface area contributed by atoms with Gasteiger partial charge in [0.15, 0.2) is 0 Å². The minimum absolute atomic E-state index is 0.285. The van der Waals surface area contributed by atoms with Crippen LogP contribution in [0.15, 0.2) is 24.3 Å². The number of rotatable bonds is 0. The predicted molar refractivity (Wildman–Crippen MR) is 61.2 cm³/mol. The standard InChI is InChI=1S/C11H16.C2H6/c1-9-5-7-10(8-6-9)11(2,3)4;1-2/h5-8H,1-4H3;1-2H3. The van der Waals surface area contributed by atoms with Crippen molar-refractivity contribution in [1.82, 2.24) is 0 Å². The molecule has 0 atom stereocenters. The summed E-state index contributed by atoms with van der Waals surface area (Å²) in [5.41, 5.74) is 3.02. The van der Waals surface area contributed by atoms with Crippen LogP contribution in [0.2, 0.25) is 0 Å². The van der Waals surface area contributed by atoms with Gasteiger partial charge >= 0.3 is 0 Å². The predicted octanol–water partition coefficient (Wildman–Crippen LogP) is 4.32. The molecule has 0 amide bonds. The van der Waals surface area contributed by atoms with Crippen molar-refractivity contribution in [2.24, 2.45) is 0 Å². The molecule has 0 aliphatic rings. The molecule has 1 aromatic carbocycles. The van der Waals surface area contributed by atoms with Crippen molar-refractivity contribution >= 4 is 0 Å². The molecule has 0 heterocycles. The number of hydrogen-bond donors (Lipinski definition) is 0. The van der Waals surface area contributed by atoms with E-state index in [1.165, 1.54) is 11.1 Å². The summed E-state index contributed by atoms with van der Waals surface area (Å²) in [6, 6.07) is 8.74. The molecule has 0 aromatic heterocycles. The lowest BCUT2D eigenvalue weighted by atomic mass is 9.87. The van der Waals surface area contributed by atoms with Crippen molar-refractivity contribution in [3.05, 3.63) is 35.4 Å². The van der Waals surface area contributed by atoms with Crippen LogP contribution in [0.4, 0.5) is 0 Å². The zero-order valence-electron chi connectivity index (χ0n) is 9.81. The minimum Gasteiger partial charge on any atom is -0.0683 e. The van der Waals surface area contributed by atoms with Crippen LogP contribution in [-0.4, -0.2) is 0 Å². The second kappa shape index (κ2) is 5.06. The maximum absolute atomic E-state index is 2.23. The SMILES string of the molecule is CC.Cc1ccc(C(C)(C)C)cc1. The third-order valence-electron chi connectivity index (χ3n) is 1.92. The second-order valence-electron chi connectivity index (χ2n) is 4.12. The number of hydrogen-bond acceptors (Lipinski definition) is 0. The Morgan fingerprint density at radius 3 is 1.54 bits per heavy atom. The molecular weight excluding hydrogens is 156 g/mol. The molecule has 1 rings (SSSR count). The highest BCUT2D eigenvalue weighted by Gasteiger charge is 2.11. The highest BCUT2D eigenvalue weighted by atomic mass is 14.2. The zero-order chi connectivity index (χ0) is 10.5. The molecule has 0 fully saturated rings. The van der Waals surface area contributed by atoms with Gasteiger partial charge in [0.2, 0.25) is 0 Å². The molecular formula is C13H22. The zero-order valence-corrected chi connectivity index (χ0v) is 9.81. The molecule has 0 heteroatoms.